The van der Waals surface area contributed by atoms with Crippen LogP contribution in [0.2, 0.25) is 0 Å². The molecule has 2 rings (SSSR count). The van der Waals surface area contributed by atoms with Gasteiger partial charge in [-0.3, -0.25) is 0 Å². The summed E-state index contributed by atoms with van der Waals surface area (Å²) in [5.74, 6) is -1.07. The lowest BCUT2D eigenvalue weighted by Gasteiger charge is -1.97. The van der Waals surface area contributed by atoms with Gasteiger partial charge in [0, 0.05) is 0 Å². The number of thiazole rings is 1. The molecule has 2 aromatic rings. The molecular weight excluding hydrogens is 236 g/mol. The zero-order valence-corrected chi connectivity index (χ0v) is 9.02. The first-order chi connectivity index (χ1) is 7.49. The summed E-state index contributed by atoms with van der Waals surface area (Å²) in [5, 5.41) is 8.54. The Morgan fingerprint density at radius 1 is 1.50 bits per heavy atom. The molecule has 0 spiro atoms. The van der Waals surface area contributed by atoms with Crippen LogP contribution in [-0.2, 0) is 0 Å². The maximum atomic E-state index is 12.4. The van der Waals surface area contributed by atoms with Gasteiger partial charge in [-0.05, 0) is 24.6 Å². The van der Waals surface area contributed by atoms with Crippen LogP contribution in [0.1, 0.15) is 27.4 Å². The number of fused-ring (bicyclic) bond motifs is 1. The molecule has 1 aromatic carbocycles. The van der Waals surface area contributed by atoms with Crippen LogP contribution in [0.15, 0.2) is 12.1 Å². The number of halogens is 2. The van der Waals surface area contributed by atoms with Gasteiger partial charge in [0.25, 0.3) is 6.43 Å². The largest absolute Gasteiger partial charge is 0.478 e. The third kappa shape index (κ3) is 1.76. The van der Waals surface area contributed by atoms with Gasteiger partial charge in [-0.25, -0.2) is 18.6 Å². The zero-order chi connectivity index (χ0) is 11.9. The molecule has 0 fully saturated rings. The monoisotopic (exact) mass is 243 g/mol. The Balaban J connectivity index is 2.68. The molecule has 0 aliphatic carbocycles. The predicted molar refractivity (Wildman–Crippen MR) is 56.3 cm³/mol. The number of carbonyl (C=O) groups is 1. The molecule has 0 saturated carbocycles. The first-order valence-corrected chi connectivity index (χ1v) is 5.23. The number of aryl methyl sites for hydroxylation is 1. The standard InChI is InChI=1S/C10H7F2NO2S/c1-4-2-5(10(14)15)3-6-7(4)13-9(16-6)8(11)12/h2-3,8H,1H3,(H,14,15). The SMILES string of the molecule is Cc1cc(C(=O)O)cc2sc(C(F)F)nc12. The zero-order valence-electron chi connectivity index (χ0n) is 8.20. The highest BCUT2D eigenvalue weighted by molar-refractivity contribution is 7.18. The summed E-state index contributed by atoms with van der Waals surface area (Å²) in [5.41, 5.74) is 1.14. The first-order valence-electron chi connectivity index (χ1n) is 4.41. The van der Waals surface area contributed by atoms with Crippen LogP contribution < -0.4 is 0 Å². The van der Waals surface area contributed by atoms with E-state index >= 15 is 0 Å². The smallest absolute Gasteiger partial charge is 0.335 e. The van der Waals surface area contributed by atoms with E-state index in [1.54, 1.807) is 6.92 Å². The minimum Gasteiger partial charge on any atom is -0.478 e. The maximum absolute atomic E-state index is 12.4. The molecule has 1 heterocycles. The second-order valence-electron chi connectivity index (χ2n) is 3.30. The Hall–Kier alpha value is -1.56. The Morgan fingerprint density at radius 3 is 2.75 bits per heavy atom. The summed E-state index contributed by atoms with van der Waals surface area (Å²) in [6.45, 7) is 1.66. The van der Waals surface area contributed by atoms with Crippen LogP contribution in [-0.4, -0.2) is 16.1 Å². The highest BCUT2D eigenvalue weighted by Crippen LogP contribution is 2.31. The van der Waals surface area contributed by atoms with Crippen LogP contribution in [0, 0.1) is 6.92 Å². The van der Waals surface area contributed by atoms with Gasteiger partial charge in [0.15, 0.2) is 5.01 Å². The van der Waals surface area contributed by atoms with Crippen molar-refractivity contribution in [3.63, 3.8) is 0 Å². The topological polar surface area (TPSA) is 50.2 Å². The molecule has 0 aliphatic heterocycles. The fourth-order valence-electron chi connectivity index (χ4n) is 1.43. The molecule has 0 bridgehead atoms. The van der Waals surface area contributed by atoms with Crippen molar-refractivity contribution in [2.75, 3.05) is 0 Å². The Morgan fingerprint density at radius 2 is 2.19 bits per heavy atom. The average Bonchev–Trinajstić information content (AvgIpc) is 2.61. The first kappa shape index (κ1) is 10.9. The molecule has 3 nitrogen and oxygen atoms in total. The number of hydrogen-bond acceptors (Lipinski definition) is 3. The minimum absolute atomic E-state index is 0.0921. The van der Waals surface area contributed by atoms with E-state index < -0.39 is 12.4 Å². The fourth-order valence-corrected chi connectivity index (χ4v) is 2.37. The van der Waals surface area contributed by atoms with E-state index in [2.05, 4.69) is 4.98 Å². The summed E-state index contributed by atoms with van der Waals surface area (Å²) in [6.07, 6.45) is -2.62. The summed E-state index contributed by atoms with van der Waals surface area (Å²) < 4.78 is 25.3. The second-order valence-corrected chi connectivity index (χ2v) is 4.36. The van der Waals surface area contributed by atoms with E-state index in [-0.39, 0.29) is 10.6 Å². The molecule has 1 aromatic heterocycles. The van der Waals surface area contributed by atoms with E-state index in [1.807, 2.05) is 0 Å². The number of carboxylic acid groups (broad SMARTS) is 1. The van der Waals surface area contributed by atoms with Gasteiger partial charge in [0.05, 0.1) is 15.8 Å². The molecule has 0 aliphatic rings. The van der Waals surface area contributed by atoms with Gasteiger partial charge >= 0.3 is 5.97 Å². The quantitative estimate of drug-likeness (QED) is 0.880. The number of aromatic nitrogens is 1. The molecule has 1 N–H and O–H groups in total. The molecule has 0 amide bonds. The summed E-state index contributed by atoms with van der Waals surface area (Å²) >= 11 is 0.827. The lowest BCUT2D eigenvalue weighted by Crippen LogP contribution is -1.96. The van der Waals surface area contributed by atoms with Crippen LogP contribution in [0.4, 0.5) is 8.78 Å². The van der Waals surface area contributed by atoms with Crippen LogP contribution in [0.25, 0.3) is 10.2 Å². The third-order valence-corrected chi connectivity index (χ3v) is 3.15. The maximum Gasteiger partial charge on any atom is 0.335 e. The Labute approximate surface area is 93.4 Å². The number of aromatic carboxylic acids is 1. The highest BCUT2D eigenvalue weighted by atomic mass is 32.1. The van der Waals surface area contributed by atoms with E-state index in [4.69, 9.17) is 5.11 Å². The fraction of sp³-hybridized carbons (Fsp3) is 0.200. The number of hydrogen-bond donors (Lipinski definition) is 1. The van der Waals surface area contributed by atoms with Gasteiger partial charge in [0.1, 0.15) is 0 Å². The molecule has 16 heavy (non-hydrogen) atoms. The van der Waals surface area contributed by atoms with Gasteiger partial charge in [-0.15, -0.1) is 11.3 Å². The lowest BCUT2D eigenvalue weighted by molar-refractivity contribution is 0.0697. The number of alkyl halides is 2. The van der Waals surface area contributed by atoms with Crippen LogP contribution >= 0.6 is 11.3 Å². The van der Waals surface area contributed by atoms with Crippen molar-refractivity contribution in [3.05, 3.63) is 28.3 Å². The third-order valence-electron chi connectivity index (χ3n) is 2.14. The van der Waals surface area contributed by atoms with Crippen molar-refractivity contribution in [2.45, 2.75) is 13.3 Å². The van der Waals surface area contributed by atoms with Crippen molar-refractivity contribution in [3.8, 4) is 0 Å². The molecule has 6 heteroatoms. The van der Waals surface area contributed by atoms with Crippen LogP contribution in [0.5, 0.6) is 0 Å². The number of nitrogens with zero attached hydrogens (tertiary/aromatic N) is 1. The summed E-state index contributed by atoms with van der Waals surface area (Å²) in [6, 6.07) is 2.80. The molecule has 0 saturated heterocycles. The van der Waals surface area contributed by atoms with E-state index in [0.29, 0.717) is 15.8 Å². The van der Waals surface area contributed by atoms with E-state index in [9.17, 15) is 13.6 Å². The molecule has 0 radical (unpaired) electrons. The van der Waals surface area contributed by atoms with Crippen molar-refractivity contribution in [1.29, 1.82) is 0 Å². The molecular formula is C10H7F2NO2S. The van der Waals surface area contributed by atoms with E-state index in [1.165, 1.54) is 12.1 Å². The van der Waals surface area contributed by atoms with Gasteiger partial charge in [-0.2, -0.15) is 0 Å². The van der Waals surface area contributed by atoms with Crippen molar-refractivity contribution < 1.29 is 18.7 Å². The molecule has 84 valence electrons. The Kier molecular flexibility index (Phi) is 2.59. The molecule has 0 atom stereocenters. The van der Waals surface area contributed by atoms with Gasteiger partial charge in [0.2, 0.25) is 0 Å². The molecule has 0 unspecified atom stereocenters. The number of rotatable bonds is 2. The van der Waals surface area contributed by atoms with Crippen LogP contribution in [0.3, 0.4) is 0 Å². The average molecular weight is 243 g/mol. The number of carboxylic acids is 1. The predicted octanol–water partition coefficient (Wildman–Crippen LogP) is 3.24. The van der Waals surface area contributed by atoms with Gasteiger partial charge < -0.3 is 5.11 Å². The van der Waals surface area contributed by atoms with Crippen molar-refractivity contribution in [2.24, 2.45) is 0 Å². The van der Waals surface area contributed by atoms with Gasteiger partial charge in [-0.1, -0.05) is 0 Å². The van der Waals surface area contributed by atoms with Crippen molar-refractivity contribution >= 4 is 27.5 Å². The lowest BCUT2D eigenvalue weighted by atomic mass is 10.1. The minimum atomic E-state index is -2.62. The Bertz CT molecular complexity index is 565. The van der Waals surface area contributed by atoms with E-state index in [0.717, 1.165) is 11.3 Å². The summed E-state index contributed by atoms with van der Waals surface area (Å²) in [7, 11) is 0. The summed E-state index contributed by atoms with van der Waals surface area (Å²) in [4.78, 5) is 14.6. The van der Waals surface area contributed by atoms with Crippen molar-refractivity contribution in [1.82, 2.24) is 4.98 Å². The highest BCUT2D eigenvalue weighted by Gasteiger charge is 2.16. The normalized spacial score (nSPS) is 11.2. The second kappa shape index (κ2) is 3.79. The number of benzene rings is 1.